The van der Waals surface area contributed by atoms with Gasteiger partial charge in [0.2, 0.25) is 11.7 Å². The molecule has 10 nitrogen and oxygen atoms in total. The average Bonchev–Trinajstić information content (AvgIpc) is 2.73. The Bertz CT molecular complexity index is 1020. The minimum atomic E-state index is -2.68. The topological polar surface area (TPSA) is 171 Å². The molecule has 0 unspecified atom stereocenters. The number of aliphatic hydroxyl groups is 3. The predicted octanol–water partition coefficient (Wildman–Crippen LogP) is -0.333. The molecule has 1 fully saturated rings. The van der Waals surface area contributed by atoms with Crippen LogP contribution < -0.4 is 5.73 Å². The number of amides is 1. The number of carbonyl (C=O) groups excluding carboxylic acids is 3. The molecule has 0 bridgehead atoms. The molecule has 2 aliphatic carbocycles. The molecule has 33 heavy (non-hydrogen) atoms. The van der Waals surface area contributed by atoms with Crippen molar-refractivity contribution in [2.24, 2.45) is 17.6 Å². The third kappa shape index (κ3) is 4.04. The molecular formula is C23H30N2O8. The molecule has 3 rings (SSSR count). The number of fused-ring (bicyclic) bond motifs is 2. The molecule has 0 spiro atoms. The Kier molecular flexibility index (Phi) is 6.94. The van der Waals surface area contributed by atoms with Gasteiger partial charge in [-0.15, -0.1) is 0 Å². The van der Waals surface area contributed by atoms with Gasteiger partial charge in [0, 0.05) is 24.6 Å². The molecule has 6 N–H and O–H groups in total. The minimum absolute atomic E-state index is 0.0543. The van der Waals surface area contributed by atoms with E-state index in [1.54, 1.807) is 25.1 Å². The number of methoxy groups -OCH3 is 1. The summed E-state index contributed by atoms with van der Waals surface area (Å²) in [5, 5.41) is 43.0. The number of carbonyl (C=O) groups is 3. The summed E-state index contributed by atoms with van der Waals surface area (Å²) in [6.07, 6.45) is -0.560. The largest absolute Gasteiger partial charge is 0.507 e. The van der Waals surface area contributed by atoms with Gasteiger partial charge in [-0.2, -0.15) is 0 Å². The molecule has 180 valence electrons. The molecule has 0 radical (unpaired) electrons. The number of primary amides is 1. The number of aliphatic hydroxyl groups excluding tert-OH is 2. The van der Waals surface area contributed by atoms with Crippen LogP contribution in [0.15, 0.2) is 17.7 Å². The zero-order valence-electron chi connectivity index (χ0n) is 18.9. The van der Waals surface area contributed by atoms with Gasteiger partial charge in [0.05, 0.1) is 25.2 Å². The van der Waals surface area contributed by atoms with Crippen LogP contribution >= 0.6 is 0 Å². The quantitative estimate of drug-likeness (QED) is 0.324. The summed E-state index contributed by atoms with van der Waals surface area (Å²) in [4.78, 5) is 39.7. The monoisotopic (exact) mass is 462 g/mol. The fourth-order valence-corrected chi connectivity index (χ4v) is 5.20. The molecule has 2 aliphatic rings. The lowest BCUT2D eigenvalue weighted by molar-refractivity contribution is -0.163. The van der Waals surface area contributed by atoms with E-state index in [-0.39, 0.29) is 36.3 Å². The number of ether oxygens (including phenoxy) is 1. The van der Waals surface area contributed by atoms with Crippen molar-refractivity contribution in [3.63, 3.8) is 0 Å². The second-order valence-corrected chi connectivity index (χ2v) is 8.91. The third-order valence-electron chi connectivity index (χ3n) is 6.78. The molecule has 0 aromatic heterocycles. The number of ketones is 2. The second kappa shape index (κ2) is 9.22. The fourth-order valence-electron chi connectivity index (χ4n) is 5.20. The Hall–Kier alpha value is -2.79. The normalized spacial score (nSPS) is 25.6. The molecule has 1 aromatic rings. The van der Waals surface area contributed by atoms with Gasteiger partial charge in [-0.3, -0.25) is 14.4 Å². The van der Waals surface area contributed by atoms with Crippen LogP contribution in [0.2, 0.25) is 0 Å². The number of benzene rings is 1. The van der Waals surface area contributed by atoms with E-state index in [1.165, 1.54) is 13.2 Å². The summed E-state index contributed by atoms with van der Waals surface area (Å²) in [6.45, 7) is -0.242. The molecule has 0 aliphatic heterocycles. The van der Waals surface area contributed by atoms with E-state index >= 15 is 0 Å². The van der Waals surface area contributed by atoms with Crippen molar-refractivity contribution in [2.75, 3.05) is 27.8 Å². The van der Waals surface area contributed by atoms with Crippen LogP contribution in [0.5, 0.6) is 5.75 Å². The molecular weight excluding hydrogens is 432 g/mol. The van der Waals surface area contributed by atoms with Gasteiger partial charge in [-0.25, -0.2) is 0 Å². The van der Waals surface area contributed by atoms with Gasteiger partial charge >= 0.3 is 0 Å². The Labute approximate surface area is 191 Å². The smallest absolute Gasteiger partial charge is 0.225 e. The van der Waals surface area contributed by atoms with Crippen molar-refractivity contribution in [2.45, 2.75) is 37.5 Å². The highest BCUT2D eigenvalue weighted by molar-refractivity contribution is 6.23. The predicted molar refractivity (Wildman–Crippen MR) is 117 cm³/mol. The van der Waals surface area contributed by atoms with E-state index in [9.17, 15) is 34.8 Å². The van der Waals surface area contributed by atoms with Gasteiger partial charge < -0.3 is 35.8 Å². The lowest BCUT2D eigenvalue weighted by Crippen LogP contribution is -2.64. The first-order valence-corrected chi connectivity index (χ1v) is 10.6. The highest BCUT2D eigenvalue weighted by atomic mass is 16.5. The summed E-state index contributed by atoms with van der Waals surface area (Å²) in [5.41, 5.74) is 3.68. The zero-order valence-corrected chi connectivity index (χ0v) is 18.9. The number of rotatable bonds is 8. The van der Waals surface area contributed by atoms with E-state index in [0.717, 1.165) is 5.56 Å². The van der Waals surface area contributed by atoms with Gasteiger partial charge in [0.25, 0.3) is 0 Å². The molecule has 1 amide bonds. The lowest BCUT2D eigenvalue weighted by atomic mass is 9.59. The number of Topliss-reactive ketones (excluding diaryl/α,β-unsaturated/α-hetero) is 2. The van der Waals surface area contributed by atoms with Crippen LogP contribution in [0.25, 0.3) is 5.76 Å². The highest BCUT2D eigenvalue weighted by Crippen LogP contribution is 2.49. The molecule has 0 heterocycles. The van der Waals surface area contributed by atoms with Gasteiger partial charge in [-0.05, 0) is 50.0 Å². The summed E-state index contributed by atoms with van der Waals surface area (Å²) in [7, 11) is 4.78. The molecule has 0 saturated heterocycles. The van der Waals surface area contributed by atoms with Crippen molar-refractivity contribution in [3.05, 3.63) is 34.4 Å². The average molecular weight is 462 g/mol. The third-order valence-corrected chi connectivity index (χ3v) is 6.78. The number of nitrogens with two attached hydrogens (primary N) is 1. The number of phenols is 1. The van der Waals surface area contributed by atoms with Gasteiger partial charge in [0.15, 0.2) is 11.4 Å². The second-order valence-electron chi connectivity index (χ2n) is 8.91. The Morgan fingerprint density at radius 3 is 2.52 bits per heavy atom. The van der Waals surface area contributed by atoms with Crippen LogP contribution in [-0.4, -0.2) is 82.3 Å². The molecule has 1 aromatic carbocycles. The van der Waals surface area contributed by atoms with E-state index < -0.39 is 59.7 Å². The lowest BCUT2D eigenvalue weighted by Gasteiger charge is -2.47. The van der Waals surface area contributed by atoms with Crippen molar-refractivity contribution < 1.29 is 39.5 Å². The Morgan fingerprint density at radius 2 is 1.97 bits per heavy atom. The summed E-state index contributed by atoms with van der Waals surface area (Å²) < 4.78 is 5.22. The fraction of sp³-hybridized carbons (Fsp3) is 0.522. The van der Waals surface area contributed by atoms with Gasteiger partial charge in [0.1, 0.15) is 11.5 Å². The van der Waals surface area contributed by atoms with Crippen LogP contribution in [0.4, 0.5) is 0 Å². The summed E-state index contributed by atoms with van der Waals surface area (Å²) in [6, 6.07) is 2.25. The van der Waals surface area contributed by atoms with E-state index in [1.807, 2.05) is 0 Å². The Balaban J connectivity index is 2.23. The van der Waals surface area contributed by atoms with Crippen molar-refractivity contribution in [1.82, 2.24) is 4.90 Å². The first-order chi connectivity index (χ1) is 15.5. The standard InChI is InChI=1S/C23H30N2O8/c1-25(2)15(9-26)14-7-12-6-13-11(10-33-3)4-5-16(27)20(13)21(30)19(12)22(31)23(14,32)17(28)8-18(24)29/h4-5,12,14-15,26-27,30,32H,6-10H2,1-3H3,(H2,24,29)/t12-,14-,15-,23+/m0/s1. The first-order valence-electron chi connectivity index (χ1n) is 10.6. The van der Waals surface area contributed by atoms with E-state index in [0.29, 0.717) is 5.56 Å². The summed E-state index contributed by atoms with van der Waals surface area (Å²) in [5.74, 6) is -5.58. The number of likely N-dealkylation sites (N-methyl/N-ethyl adjacent to an activating group) is 1. The van der Waals surface area contributed by atoms with E-state index in [2.05, 4.69) is 0 Å². The highest BCUT2D eigenvalue weighted by Gasteiger charge is 2.60. The number of hydrogen-bond acceptors (Lipinski definition) is 9. The molecule has 10 heteroatoms. The number of phenolic OH excluding ortho intramolecular Hbond substituents is 1. The number of aromatic hydroxyl groups is 1. The maximum atomic E-state index is 13.7. The number of nitrogens with zero attached hydrogens (tertiary/aromatic N) is 1. The summed E-state index contributed by atoms with van der Waals surface area (Å²) >= 11 is 0. The SMILES string of the molecule is COCc1ccc(O)c2c1C[C@H]1C[C@@H]([C@H](CO)N(C)C)[C@@](O)(C(=O)CC(N)=O)C(=O)C1=C2O. The first kappa shape index (κ1) is 24.8. The number of hydrogen-bond donors (Lipinski definition) is 5. The van der Waals surface area contributed by atoms with Crippen molar-refractivity contribution in [3.8, 4) is 5.75 Å². The van der Waals surface area contributed by atoms with Gasteiger partial charge in [-0.1, -0.05) is 6.07 Å². The molecule has 1 saturated carbocycles. The van der Waals surface area contributed by atoms with Crippen LogP contribution in [0.1, 0.15) is 29.5 Å². The zero-order chi connectivity index (χ0) is 24.7. The van der Waals surface area contributed by atoms with E-state index in [4.69, 9.17) is 10.5 Å². The van der Waals surface area contributed by atoms with Crippen LogP contribution in [0.3, 0.4) is 0 Å². The van der Waals surface area contributed by atoms with Crippen LogP contribution in [0, 0.1) is 11.8 Å². The minimum Gasteiger partial charge on any atom is -0.507 e. The maximum absolute atomic E-state index is 13.7. The maximum Gasteiger partial charge on any atom is 0.225 e. The van der Waals surface area contributed by atoms with Crippen molar-refractivity contribution >= 4 is 23.2 Å². The van der Waals surface area contributed by atoms with Crippen LogP contribution in [-0.2, 0) is 32.1 Å². The Morgan fingerprint density at radius 1 is 1.30 bits per heavy atom. The van der Waals surface area contributed by atoms with Crippen molar-refractivity contribution in [1.29, 1.82) is 0 Å². The molecule has 4 atom stereocenters.